The lowest BCUT2D eigenvalue weighted by molar-refractivity contribution is -0.384. The third kappa shape index (κ3) is 3.09. The van der Waals surface area contributed by atoms with E-state index in [1.54, 1.807) is 6.20 Å². The maximum Gasteiger partial charge on any atom is 0.338 e. The molecule has 0 atom stereocenters. The summed E-state index contributed by atoms with van der Waals surface area (Å²) in [5, 5.41) is 25.6. The highest BCUT2D eigenvalue weighted by molar-refractivity contribution is 7.09. The first-order valence-electron chi connectivity index (χ1n) is 5.72. The zero-order valence-corrected chi connectivity index (χ0v) is 11.1. The van der Waals surface area contributed by atoms with E-state index in [1.807, 2.05) is 5.38 Å². The molecule has 0 fully saturated rings. The predicted molar refractivity (Wildman–Crippen MR) is 74.4 cm³/mol. The Hall–Kier alpha value is -2.48. The number of hydrogen-bond donors (Lipinski definition) is 2. The molecule has 7 nitrogen and oxygen atoms in total. The zero-order chi connectivity index (χ0) is 14.5. The summed E-state index contributed by atoms with van der Waals surface area (Å²) in [6.07, 6.45) is 2.25. The Bertz CT molecular complexity index is 595. The van der Waals surface area contributed by atoms with Gasteiger partial charge in [-0.2, -0.15) is 0 Å². The number of nitrogens with one attached hydrogen (secondary N) is 1. The molecule has 2 aromatic rings. The van der Waals surface area contributed by atoms with Crippen molar-refractivity contribution in [2.45, 2.75) is 6.42 Å². The van der Waals surface area contributed by atoms with Gasteiger partial charge < -0.3 is 10.4 Å². The van der Waals surface area contributed by atoms with Gasteiger partial charge in [0.15, 0.2) is 0 Å². The van der Waals surface area contributed by atoms with Gasteiger partial charge in [0.05, 0.1) is 15.5 Å². The van der Waals surface area contributed by atoms with Crippen LogP contribution in [0.15, 0.2) is 29.8 Å². The van der Waals surface area contributed by atoms with Gasteiger partial charge in [0.1, 0.15) is 5.69 Å². The fourth-order valence-electron chi connectivity index (χ4n) is 1.73. The second-order valence-electron chi connectivity index (χ2n) is 3.86. The van der Waals surface area contributed by atoms with E-state index in [-0.39, 0.29) is 16.9 Å². The average molecular weight is 293 g/mol. The van der Waals surface area contributed by atoms with Crippen molar-refractivity contribution in [2.75, 3.05) is 11.9 Å². The minimum absolute atomic E-state index is 0.0292. The number of nitrogens with zero attached hydrogens (tertiary/aromatic N) is 2. The molecule has 0 saturated carbocycles. The van der Waals surface area contributed by atoms with Crippen LogP contribution in [0.1, 0.15) is 15.4 Å². The van der Waals surface area contributed by atoms with E-state index in [0.717, 1.165) is 5.01 Å². The first-order chi connectivity index (χ1) is 9.59. The fourth-order valence-corrected chi connectivity index (χ4v) is 2.35. The molecular weight excluding hydrogens is 282 g/mol. The lowest BCUT2D eigenvalue weighted by Gasteiger charge is -2.09. The van der Waals surface area contributed by atoms with Crippen molar-refractivity contribution < 1.29 is 14.8 Å². The molecule has 0 amide bonds. The Morgan fingerprint density at radius 3 is 2.90 bits per heavy atom. The van der Waals surface area contributed by atoms with Crippen molar-refractivity contribution in [1.29, 1.82) is 0 Å². The number of nitro groups is 1. The number of aromatic nitrogens is 1. The molecule has 1 heterocycles. The largest absolute Gasteiger partial charge is 0.478 e. The van der Waals surface area contributed by atoms with Crippen LogP contribution in [0.25, 0.3) is 0 Å². The van der Waals surface area contributed by atoms with E-state index >= 15 is 0 Å². The minimum atomic E-state index is -1.20. The van der Waals surface area contributed by atoms with Crippen molar-refractivity contribution in [2.24, 2.45) is 0 Å². The average Bonchev–Trinajstić information content (AvgIpc) is 2.91. The van der Waals surface area contributed by atoms with Crippen molar-refractivity contribution in [1.82, 2.24) is 4.98 Å². The first-order valence-corrected chi connectivity index (χ1v) is 6.60. The summed E-state index contributed by atoms with van der Waals surface area (Å²) in [7, 11) is 0. The molecule has 20 heavy (non-hydrogen) atoms. The Labute approximate surface area is 118 Å². The van der Waals surface area contributed by atoms with Gasteiger partial charge in [-0.05, 0) is 6.07 Å². The third-order valence-corrected chi connectivity index (χ3v) is 3.43. The molecule has 0 radical (unpaired) electrons. The molecular formula is C12H11N3O4S. The van der Waals surface area contributed by atoms with Gasteiger partial charge >= 0.3 is 5.97 Å². The van der Waals surface area contributed by atoms with Crippen LogP contribution in [0.4, 0.5) is 11.4 Å². The van der Waals surface area contributed by atoms with Crippen LogP contribution in [0.3, 0.4) is 0 Å². The van der Waals surface area contributed by atoms with Gasteiger partial charge in [0, 0.05) is 30.6 Å². The van der Waals surface area contributed by atoms with Crippen molar-refractivity contribution in [3.05, 3.63) is 50.5 Å². The van der Waals surface area contributed by atoms with Gasteiger partial charge in [-0.25, -0.2) is 9.78 Å². The quantitative estimate of drug-likeness (QED) is 0.626. The van der Waals surface area contributed by atoms with E-state index in [9.17, 15) is 14.9 Å². The second-order valence-corrected chi connectivity index (χ2v) is 4.84. The molecule has 104 valence electrons. The van der Waals surface area contributed by atoms with E-state index in [4.69, 9.17) is 5.11 Å². The Balaban J connectivity index is 2.19. The Morgan fingerprint density at radius 2 is 2.30 bits per heavy atom. The van der Waals surface area contributed by atoms with E-state index in [2.05, 4.69) is 10.3 Å². The number of anilines is 1. The SMILES string of the molecule is O=C(O)c1cccc([N+](=O)[O-])c1NCCc1nccs1. The number of carboxylic acid groups (broad SMARTS) is 1. The number of para-hydroxylation sites is 1. The van der Waals surface area contributed by atoms with Crippen LogP contribution >= 0.6 is 11.3 Å². The van der Waals surface area contributed by atoms with Crippen LogP contribution in [-0.2, 0) is 6.42 Å². The first kappa shape index (κ1) is 13.9. The number of aromatic carboxylic acids is 1. The smallest absolute Gasteiger partial charge is 0.338 e. The van der Waals surface area contributed by atoms with Crippen LogP contribution in [0, 0.1) is 10.1 Å². The highest BCUT2D eigenvalue weighted by atomic mass is 32.1. The molecule has 0 bridgehead atoms. The van der Waals surface area contributed by atoms with Crippen molar-refractivity contribution in [3.8, 4) is 0 Å². The van der Waals surface area contributed by atoms with Crippen LogP contribution in [0.2, 0.25) is 0 Å². The Kier molecular flexibility index (Phi) is 4.26. The van der Waals surface area contributed by atoms with Crippen LogP contribution < -0.4 is 5.32 Å². The van der Waals surface area contributed by atoms with Gasteiger partial charge in [0.25, 0.3) is 5.69 Å². The number of carbonyl (C=O) groups is 1. The second kappa shape index (κ2) is 6.11. The molecule has 1 aromatic heterocycles. The van der Waals surface area contributed by atoms with Gasteiger partial charge in [-0.15, -0.1) is 11.3 Å². The number of thiazole rings is 1. The van der Waals surface area contributed by atoms with Gasteiger partial charge in [0.2, 0.25) is 0 Å². The lowest BCUT2D eigenvalue weighted by Crippen LogP contribution is -2.11. The van der Waals surface area contributed by atoms with Crippen molar-refractivity contribution in [3.63, 3.8) is 0 Å². The van der Waals surface area contributed by atoms with E-state index in [1.165, 1.54) is 29.5 Å². The summed E-state index contributed by atoms with van der Waals surface area (Å²) < 4.78 is 0. The highest BCUT2D eigenvalue weighted by Gasteiger charge is 2.20. The molecule has 0 saturated heterocycles. The standard InChI is InChI=1S/C12H11N3O4S/c16-12(17)8-2-1-3-9(15(18)19)11(8)14-5-4-10-13-6-7-20-10/h1-3,6-7,14H,4-5H2,(H,16,17). The number of nitro benzene ring substituents is 1. The summed E-state index contributed by atoms with van der Waals surface area (Å²) in [4.78, 5) is 25.6. The molecule has 8 heteroatoms. The molecule has 0 aliphatic rings. The van der Waals surface area contributed by atoms with Crippen LogP contribution in [-0.4, -0.2) is 27.5 Å². The van der Waals surface area contributed by atoms with Gasteiger partial charge in [-0.3, -0.25) is 10.1 Å². The molecule has 0 unspecified atom stereocenters. The number of rotatable bonds is 6. The van der Waals surface area contributed by atoms with E-state index < -0.39 is 10.9 Å². The van der Waals surface area contributed by atoms with Crippen LogP contribution in [0.5, 0.6) is 0 Å². The van der Waals surface area contributed by atoms with E-state index in [0.29, 0.717) is 13.0 Å². The summed E-state index contributed by atoms with van der Waals surface area (Å²) in [5.74, 6) is -1.20. The molecule has 0 aliphatic carbocycles. The number of benzene rings is 1. The maximum absolute atomic E-state index is 11.1. The molecule has 2 rings (SSSR count). The molecule has 1 aromatic carbocycles. The summed E-state index contributed by atoms with van der Waals surface area (Å²) in [6, 6.07) is 3.97. The lowest BCUT2D eigenvalue weighted by atomic mass is 10.1. The summed E-state index contributed by atoms with van der Waals surface area (Å²) >= 11 is 1.48. The van der Waals surface area contributed by atoms with Gasteiger partial charge in [-0.1, -0.05) is 6.07 Å². The fraction of sp³-hybridized carbons (Fsp3) is 0.167. The Morgan fingerprint density at radius 1 is 1.50 bits per heavy atom. The minimum Gasteiger partial charge on any atom is -0.478 e. The molecule has 0 aliphatic heterocycles. The third-order valence-electron chi connectivity index (χ3n) is 2.59. The number of carboxylic acids is 1. The zero-order valence-electron chi connectivity index (χ0n) is 10.3. The maximum atomic E-state index is 11.1. The monoisotopic (exact) mass is 293 g/mol. The number of hydrogen-bond acceptors (Lipinski definition) is 6. The highest BCUT2D eigenvalue weighted by Crippen LogP contribution is 2.28. The molecule has 2 N–H and O–H groups in total. The topological polar surface area (TPSA) is 105 Å². The predicted octanol–water partition coefficient (Wildman–Crippen LogP) is 2.40. The summed E-state index contributed by atoms with van der Waals surface area (Å²) in [5.41, 5.74) is -0.330. The molecule has 0 spiro atoms. The normalized spacial score (nSPS) is 10.2. The summed E-state index contributed by atoms with van der Waals surface area (Å²) in [6.45, 7) is 0.374. The van der Waals surface area contributed by atoms with Crippen molar-refractivity contribution >= 4 is 28.7 Å².